The first kappa shape index (κ1) is 17.7. The zero-order valence-corrected chi connectivity index (χ0v) is 13.7. The van der Waals surface area contributed by atoms with Gasteiger partial charge in [0.1, 0.15) is 12.6 Å². The first-order chi connectivity index (χ1) is 12.0. The first-order valence-corrected chi connectivity index (χ1v) is 8.15. The predicted molar refractivity (Wildman–Crippen MR) is 84.6 cm³/mol. The van der Waals surface area contributed by atoms with Crippen LogP contribution in [-0.4, -0.2) is 64.9 Å². The minimum Gasteiger partial charge on any atom is -0.480 e. The maximum atomic E-state index is 12.3. The van der Waals surface area contributed by atoms with Crippen molar-refractivity contribution >= 4 is 12.1 Å². The standard InChI is InChI=1S/C17H21NO7/c19-15(20)14-8-17(22,25-13-6-7-23-10-13)11-18(14)16(21)24-9-12-4-2-1-3-5-12/h1-5,13-14,22H,6-11H2,(H,19,20). The van der Waals surface area contributed by atoms with Gasteiger partial charge in [-0.25, -0.2) is 9.59 Å². The number of likely N-dealkylation sites (tertiary alicyclic amines) is 1. The number of rotatable bonds is 5. The van der Waals surface area contributed by atoms with E-state index in [-0.39, 0.29) is 25.7 Å². The monoisotopic (exact) mass is 351 g/mol. The fourth-order valence-electron chi connectivity index (χ4n) is 3.07. The van der Waals surface area contributed by atoms with E-state index in [1.54, 1.807) is 12.1 Å². The van der Waals surface area contributed by atoms with Crippen LogP contribution >= 0.6 is 0 Å². The molecule has 25 heavy (non-hydrogen) atoms. The van der Waals surface area contributed by atoms with Gasteiger partial charge in [-0.05, 0) is 12.0 Å². The number of carboxylic acid groups (broad SMARTS) is 1. The lowest BCUT2D eigenvalue weighted by Gasteiger charge is -2.26. The molecule has 0 bridgehead atoms. The Bertz CT molecular complexity index is 617. The van der Waals surface area contributed by atoms with E-state index in [0.29, 0.717) is 19.6 Å². The second-order valence-electron chi connectivity index (χ2n) is 6.28. The molecule has 3 rings (SSSR count). The van der Waals surface area contributed by atoms with Crippen LogP contribution in [0.5, 0.6) is 0 Å². The number of aliphatic hydroxyl groups is 1. The van der Waals surface area contributed by atoms with Gasteiger partial charge in [0.15, 0.2) is 5.79 Å². The zero-order valence-electron chi connectivity index (χ0n) is 13.7. The number of carboxylic acids is 1. The molecule has 0 aromatic heterocycles. The highest BCUT2D eigenvalue weighted by Gasteiger charge is 2.51. The van der Waals surface area contributed by atoms with Crippen LogP contribution in [0.25, 0.3) is 0 Å². The molecule has 0 radical (unpaired) electrons. The molecule has 8 nitrogen and oxygen atoms in total. The normalized spacial score (nSPS) is 28.9. The van der Waals surface area contributed by atoms with E-state index >= 15 is 0 Å². The minimum atomic E-state index is -1.72. The third-order valence-electron chi connectivity index (χ3n) is 4.30. The second-order valence-corrected chi connectivity index (χ2v) is 6.28. The summed E-state index contributed by atoms with van der Waals surface area (Å²) in [6.07, 6.45) is -0.684. The maximum absolute atomic E-state index is 12.3. The average Bonchev–Trinajstić information content (AvgIpc) is 3.21. The zero-order chi connectivity index (χ0) is 17.9. The van der Waals surface area contributed by atoms with E-state index in [1.807, 2.05) is 18.2 Å². The molecule has 3 atom stereocenters. The van der Waals surface area contributed by atoms with Gasteiger partial charge in [-0.15, -0.1) is 0 Å². The number of amides is 1. The minimum absolute atomic E-state index is 0.0261. The van der Waals surface area contributed by atoms with Crippen molar-refractivity contribution in [3.8, 4) is 0 Å². The Hall–Kier alpha value is -2.16. The van der Waals surface area contributed by atoms with E-state index in [2.05, 4.69) is 0 Å². The van der Waals surface area contributed by atoms with Crippen molar-refractivity contribution in [2.45, 2.75) is 37.4 Å². The molecule has 1 amide bonds. The van der Waals surface area contributed by atoms with Crippen molar-refractivity contribution in [1.29, 1.82) is 0 Å². The summed E-state index contributed by atoms with van der Waals surface area (Å²) in [6.45, 7) is 0.650. The summed E-state index contributed by atoms with van der Waals surface area (Å²) >= 11 is 0. The maximum Gasteiger partial charge on any atom is 0.411 e. The van der Waals surface area contributed by atoms with Crippen LogP contribution < -0.4 is 0 Å². The molecule has 2 aliphatic heterocycles. The lowest BCUT2D eigenvalue weighted by molar-refractivity contribution is -0.219. The Morgan fingerprint density at radius 2 is 2.08 bits per heavy atom. The Morgan fingerprint density at radius 3 is 2.72 bits per heavy atom. The van der Waals surface area contributed by atoms with Crippen LogP contribution in [0.1, 0.15) is 18.4 Å². The van der Waals surface area contributed by atoms with Gasteiger partial charge in [0, 0.05) is 13.0 Å². The molecule has 0 spiro atoms. The summed E-state index contributed by atoms with van der Waals surface area (Å²) in [5.41, 5.74) is 0.788. The predicted octanol–water partition coefficient (Wildman–Crippen LogP) is 0.976. The Balaban J connectivity index is 1.63. The Morgan fingerprint density at radius 1 is 1.32 bits per heavy atom. The number of aliphatic carboxylic acids is 1. The van der Waals surface area contributed by atoms with Gasteiger partial charge in [-0.2, -0.15) is 0 Å². The van der Waals surface area contributed by atoms with Crippen molar-refractivity contribution in [3.05, 3.63) is 35.9 Å². The highest BCUT2D eigenvalue weighted by Crippen LogP contribution is 2.31. The Kier molecular flexibility index (Phi) is 5.22. The van der Waals surface area contributed by atoms with Crippen molar-refractivity contribution in [2.75, 3.05) is 19.8 Å². The van der Waals surface area contributed by atoms with Gasteiger partial charge in [0.05, 0.1) is 19.3 Å². The van der Waals surface area contributed by atoms with Crippen molar-refractivity contribution in [1.82, 2.24) is 4.90 Å². The molecule has 136 valence electrons. The summed E-state index contributed by atoms with van der Waals surface area (Å²) in [5, 5.41) is 20.0. The van der Waals surface area contributed by atoms with Crippen LogP contribution in [-0.2, 0) is 25.6 Å². The number of nitrogens with zero attached hydrogens (tertiary/aromatic N) is 1. The number of hydrogen-bond donors (Lipinski definition) is 2. The van der Waals surface area contributed by atoms with Gasteiger partial charge in [0.25, 0.3) is 0 Å². The molecule has 0 saturated carbocycles. The number of β-amino-alcohol motifs (C(OH)–C–C–N with tert-alkyl or cyclic N) is 1. The molecule has 2 fully saturated rings. The molecule has 1 aromatic rings. The fraction of sp³-hybridized carbons (Fsp3) is 0.529. The van der Waals surface area contributed by atoms with Gasteiger partial charge in [0.2, 0.25) is 0 Å². The fourth-order valence-corrected chi connectivity index (χ4v) is 3.07. The molecular weight excluding hydrogens is 330 g/mol. The van der Waals surface area contributed by atoms with Gasteiger partial charge in [-0.3, -0.25) is 4.90 Å². The van der Waals surface area contributed by atoms with Crippen LogP contribution in [0.3, 0.4) is 0 Å². The average molecular weight is 351 g/mol. The SMILES string of the molecule is O=C(O)C1CC(O)(OC2CCOC2)CN1C(=O)OCc1ccccc1. The summed E-state index contributed by atoms with van der Waals surface area (Å²) < 4.78 is 16.0. The highest BCUT2D eigenvalue weighted by molar-refractivity contribution is 5.81. The topological polar surface area (TPSA) is 106 Å². The molecule has 2 heterocycles. The highest BCUT2D eigenvalue weighted by atomic mass is 16.6. The van der Waals surface area contributed by atoms with E-state index in [0.717, 1.165) is 10.5 Å². The second kappa shape index (κ2) is 7.38. The molecule has 0 aliphatic carbocycles. The van der Waals surface area contributed by atoms with E-state index < -0.39 is 23.9 Å². The number of hydrogen-bond acceptors (Lipinski definition) is 6. The Labute approximate surface area is 144 Å². The lowest BCUT2D eigenvalue weighted by atomic mass is 10.1. The number of carbonyl (C=O) groups excluding carboxylic acids is 1. The molecule has 2 saturated heterocycles. The van der Waals surface area contributed by atoms with Crippen LogP contribution in [0.15, 0.2) is 30.3 Å². The van der Waals surface area contributed by atoms with Crippen molar-refractivity contribution < 1.29 is 34.0 Å². The third-order valence-corrected chi connectivity index (χ3v) is 4.30. The van der Waals surface area contributed by atoms with Gasteiger partial charge in [-0.1, -0.05) is 30.3 Å². The molecule has 3 unspecified atom stereocenters. The van der Waals surface area contributed by atoms with Gasteiger partial charge < -0.3 is 24.4 Å². The van der Waals surface area contributed by atoms with Crippen LogP contribution in [0.4, 0.5) is 4.79 Å². The molecule has 1 aromatic carbocycles. The molecular formula is C17H21NO7. The van der Waals surface area contributed by atoms with Crippen molar-refractivity contribution in [3.63, 3.8) is 0 Å². The van der Waals surface area contributed by atoms with Crippen molar-refractivity contribution in [2.24, 2.45) is 0 Å². The number of ether oxygens (including phenoxy) is 3. The van der Waals surface area contributed by atoms with E-state index in [1.165, 1.54) is 0 Å². The molecule has 2 N–H and O–H groups in total. The van der Waals surface area contributed by atoms with E-state index in [9.17, 15) is 19.8 Å². The number of benzene rings is 1. The molecule has 8 heteroatoms. The quantitative estimate of drug-likeness (QED) is 0.762. The van der Waals surface area contributed by atoms with Gasteiger partial charge >= 0.3 is 12.1 Å². The van der Waals surface area contributed by atoms with Crippen LogP contribution in [0, 0.1) is 0 Å². The summed E-state index contributed by atoms with van der Waals surface area (Å²) in [6, 6.07) is 7.87. The van der Waals surface area contributed by atoms with Crippen LogP contribution in [0.2, 0.25) is 0 Å². The summed E-state index contributed by atoms with van der Waals surface area (Å²) in [5.74, 6) is -2.92. The summed E-state index contributed by atoms with van der Waals surface area (Å²) in [7, 11) is 0. The molecule has 2 aliphatic rings. The van der Waals surface area contributed by atoms with E-state index in [4.69, 9.17) is 14.2 Å². The first-order valence-electron chi connectivity index (χ1n) is 8.15. The number of carbonyl (C=O) groups is 2. The summed E-state index contributed by atoms with van der Waals surface area (Å²) in [4.78, 5) is 24.8. The smallest absolute Gasteiger partial charge is 0.411 e. The largest absolute Gasteiger partial charge is 0.480 e. The third kappa shape index (κ3) is 4.28. The lowest BCUT2D eigenvalue weighted by Crippen LogP contribution is -2.43.